The molecule has 0 radical (unpaired) electrons. The Bertz CT molecular complexity index is 280. The maximum Gasteiger partial charge on any atom is 0.150 e. The number of hydrogen-bond acceptors (Lipinski definition) is 3. The van der Waals surface area contributed by atoms with Crippen molar-refractivity contribution in [2.45, 2.75) is 25.7 Å². The molecule has 0 aromatic heterocycles. The molecule has 0 aromatic carbocycles. The largest absolute Gasteiger partial charge is 0.330 e. The van der Waals surface area contributed by atoms with Crippen LogP contribution < -0.4 is 5.73 Å². The van der Waals surface area contributed by atoms with E-state index in [-0.39, 0.29) is 0 Å². The first-order valence-corrected chi connectivity index (χ1v) is 6.54. The molecule has 1 heterocycles. The lowest BCUT2D eigenvalue weighted by Gasteiger charge is -1.99. The fraction of sp³-hybridized carbons (Fsp3) is 0.778. The highest BCUT2D eigenvalue weighted by Crippen LogP contribution is 2.18. The summed E-state index contributed by atoms with van der Waals surface area (Å²) in [6, 6.07) is 0. The monoisotopic (exact) mass is 203 g/mol. The van der Waals surface area contributed by atoms with Gasteiger partial charge in [-0.1, -0.05) is 11.6 Å². The van der Waals surface area contributed by atoms with Crippen LogP contribution in [-0.2, 0) is 9.84 Å². The molecular weight excluding hydrogens is 186 g/mol. The van der Waals surface area contributed by atoms with Crippen LogP contribution in [0.1, 0.15) is 25.7 Å². The van der Waals surface area contributed by atoms with Crippen LogP contribution in [0.15, 0.2) is 11.6 Å². The van der Waals surface area contributed by atoms with Gasteiger partial charge in [-0.15, -0.1) is 0 Å². The van der Waals surface area contributed by atoms with E-state index in [0.717, 1.165) is 19.3 Å². The van der Waals surface area contributed by atoms with Crippen LogP contribution in [-0.4, -0.2) is 26.5 Å². The van der Waals surface area contributed by atoms with Gasteiger partial charge < -0.3 is 5.73 Å². The van der Waals surface area contributed by atoms with Gasteiger partial charge in [-0.05, 0) is 32.2 Å². The molecule has 0 amide bonds. The molecule has 1 rings (SSSR count). The Morgan fingerprint density at radius 2 is 2.08 bits per heavy atom. The molecule has 1 fully saturated rings. The Morgan fingerprint density at radius 1 is 1.31 bits per heavy atom. The van der Waals surface area contributed by atoms with Crippen LogP contribution in [0.2, 0.25) is 0 Å². The van der Waals surface area contributed by atoms with Gasteiger partial charge >= 0.3 is 0 Å². The van der Waals surface area contributed by atoms with E-state index in [1.165, 1.54) is 5.57 Å². The summed E-state index contributed by atoms with van der Waals surface area (Å²) >= 11 is 0. The highest BCUT2D eigenvalue weighted by Gasteiger charge is 2.15. The van der Waals surface area contributed by atoms with E-state index in [1.807, 2.05) is 0 Å². The Hall–Kier alpha value is -0.350. The van der Waals surface area contributed by atoms with Crippen molar-refractivity contribution in [2.75, 3.05) is 18.1 Å². The zero-order chi connectivity index (χ0) is 9.73. The van der Waals surface area contributed by atoms with Crippen molar-refractivity contribution in [3.63, 3.8) is 0 Å². The molecule has 1 aliphatic heterocycles. The van der Waals surface area contributed by atoms with Crippen LogP contribution in [0.3, 0.4) is 0 Å². The number of hydrogen-bond donors (Lipinski definition) is 1. The van der Waals surface area contributed by atoms with Gasteiger partial charge in [0.15, 0.2) is 9.84 Å². The highest BCUT2D eigenvalue weighted by atomic mass is 32.2. The third-order valence-corrected chi connectivity index (χ3v) is 4.02. The molecule has 1 saturated heterocycles. The Labute approximate surface area is 79.9 Å². The van der Waals surface area contributed by atoms with Crippen molar-refractivity contribution in [3.8, 4) is 0 Å². The lowest BCUT2D eigenvalue weighted by molar-refractivity contribution is 0.596. The minimum Gasteiger partial charge on any atom is -0.330 e. The zero-order valence-corrected chi connectivity index (χ0v) is 8.65. The summed E-state index contributed by atoms with van der Waals surface area (Å²) in [5, 5.41) is 0. The van der Waals surface area contributed by atoms with Gasteiger partial charge in [-0.25, -0.2) is 8.42 Å². The number of allylic oxidation sites excluding steroid dienone is 1. The third-order valence-electron chi connectivity index (χ3n) is 2.29. The van der Waals surface area contributed by atoms with Crippen molar-refractivity contribution in [1.29, 1.82) is 0 Å². The normalized spacial score (nSPS) is 25.8. The van der Waals surface area contributed by atoms with Gasteiger partial charge in [0, 0.05) is 0 Å². The second-order valence-electron chi connectivity index (χ2n) is 3.45. The highest BCUT2D eigenvalue weighted by molar-refractivity contribution is 7.91. The summed E-state index contributed by atoms with van der Waals surface area (Å²) in [6.07, 6.45) is 5.39. The fourth-order valence-electron chi connectivity index (χ4n) is 1.52. The van der Waals surface area contributed by atoms with Crippen LogP contribution in [0.5, 0.6) is 0 Å². The van der Waals surface area contributed by atoms with E-state index in [0.29, 0.717) is 24.5 Å². The molecular formula is C9H17NO2S. The second-order valence-corrected chi connectivity index (χ2v) is 5.75. The molecule has 0 spiro atoms. The molecule has 0 atom stereocenters. The van der Waals surface area contributed by atoms with E-state index in [9.17, 15) is 8.42 Å². The average molecular weight is 203 g/mol. The maximum absolute atomic E-state index is 11.2. The topological polar surface area (TPSA) is 60.2 Å². The quantitative estimate of drug-likeness (QED) is 0.677. The van der Waals surface area contributed by atoms with Crippen LogP contribution >= 0.6 is 0 Å². The predicted octanol–water partition coefficient (Wildman–Crippen LogP) is 0.860. The maximum atomic E-state index is 11.2. The van der Waals surface area contributed by atoms with E-state index in [4.69, 9.17) is 5.73 Å². The molecule has 1 aliphatic rings. The Morgan fingerprint density at radius 3 is 2.77 bits per heavy atom. The van der Waals surface area contributed by atoms with Gasteiger partial charge in [0.05, 0.1) is 11.5 Å². The first kappa shape index (κ1) is 10.7. The second kappa shape index (κ2) is 4.77. The summed E-state index contributed by atoms with van der Waals surface area (Å²) in [6.45, 7) is 0.649. The Kier molecular flexibility index (Phi) is 3.93. The number of sulfone groups is 1. The summed E-state index contributed by atoms with van der Waals surface area (Å²) in [7, 11) is -2.75. The van der Waals surface area contributed by atoms with E-state index in [1.54, 1.807) is 0 Å². The molecule has 0 saturated carbocycles. The van der Waals surface area contributed by atoms with Crippen molar-refractivity contribution in [3.05, 3.63) is 11.6 Å². The van der Waals surface area contributed by atoms with Crippen LogP contribution in [0.25, 0.3) is 0 Å². The summed E-state index contributed by atoms with van der Waals surface area (Å²) in [5.74, 6) is 0.677. The molecule has 0 aromatic rings. The summed E-state index contributed by atoms with van der Waals surface area (Å²) < 4.78 is 22.5. The first-order valence-electron chi connectivity index (χ1n) is 4.72. The molecule has 13 heavy (non-hydrogen) atoms. The molecule has 4 heteroatoms. The predicted molar refractivity (Wildman–Crippen MR) is 54.3 cm³/mol. The van der Waals surface area contributed by atoms with Gasteiger partial charge in [0.2, 0.25) is 0 Å². The van der Waals surface area contributed by atoms with Crippen molar-refractivity contribution in [2.24, 2.45) is 5.73 Å². The van der Waals surface area contributed by atoms with E-state index in [2.05, 4.69) is 6.08 Å². The molecule has 3 nitrogen and oxygen atoms in total. The van der Waals surface area contributed by atoms with Crippen LogP contribution in [0.4, 0.5) is 0 Å². The summed E-state index contributed by atoms with van der Waals surface area (Å²) in [5.41, 5.74) is 6.65. The smallest absolute Gasteiger partial charge is 0.150 e. The molecule has 2 N–H and O–H groups in total. The number of nitrogens with two attached hydrogens (primary N) is 1. The summed E-state index contributed by atoms with van der Waals surface area (Å²) in [4.78, 5) is 0. The van der Waals surface area contributed by atoms with Crippen molar-refractivity contribution in [1.82, 2.24) is 0 Å². The molecule has 0 unspecified atom stereocenters. The third kappa shape index (κ3) is 3.91. The molecule has 0 aliphatic carbocycles. The standard InChI is InChI=1S/C9H17NO2S/c10-6-1-3-9-4-2-7-13(11,12)8-5-9/h3H,1-2,4-8,10H2/b9-3-. The number of rotatable bonds is 2. The van der Waals surface area contributed by atoms with Gasteiger partial charge in [-0.2, -0.15) is 0 Å². The fourth-order valence-corrected chi connectivity index (χ4v) is 2.89. The van der Waals surface area contributed by atoms with Crippen molar-refractivity contribution < 1.29 is 8.42 Å². The molecule has 0 bridgehead atoms. The lowest BCUT2D eigenvalue weighted by Crippen LogP contribution is -2.07. The lowest BCUT2D eigenvalue weighted by atomic mass is 10.1. The first-order chi connectivity index (χ1) is 6.14. The van der Waals surface area contributed by atoms with Gasteiger partial charge in [0.1, 0.15) is 0 Å². The van der Waals surface area contributed by atoms with Crippen LogP contribution in [0, 0.1) is 0 Å². The minimum absolute atomic E-state index is 0.323. The zero-order valence-electron chi connectivity index (χ0n) is 7.83. The molecule has 76 valence electrons. The van der Waals surface area contributed by atoms with Gasteiger partial charge in [-0.3, -0.25) is 0 Å². The SMILES string of the molecule is NCC/C=C1/CCCS(=O)(=O)CC1. The van der Waals surface area contributed by atoms with E-state index >= 15 is 0 Å². The van der Waals surface area contributed by atoms with E-state index < -0.39 is 9.84 Å². The Balaban J connectivity index is 2.54. The minimum atomic E-state index is -2.75. The average Bonchev–Trinajstić information content (AvgIpc) is 2.23. The van der Waals surface area contributed by atoms with Crippen molar-refractivity contribution >= 4 is 9.84 Å². The van der Waals surface area contributed by atoms with Gasteiger partial charge in [0.25, 0.3) is 0 Å².